The van der Waals surface area contributed by atoms with E-state index < -0.39 is 15.9 Å². The molecule has 8 nitrogen and oxygen atoms in total. The van der Waals surface area contributed by atoms with Crippen molar-refractivity contribution in [1.29, 1.82) is 0 Å². The zero-order chi connectivity index (χ0) is 23.8. The summed E-state index contributed by atoms with van der Waals surface area (Å²) in [6.45, 7) is 0.0777. The molecule has 0 saturated heterocycles. The highest BCUT2D eigenvalue weighted by Crippen LogP contribution is 2.30. The van der Waals surface area contributed by atoms with E-state index in [2.05, 4.69) is 5.32 Å². The van der Waals surface area contributed by atoms with Gasteiger partial charge in [-0.25, -0.2) is 8.42 Å². The van der Waals surface area contributed by atoms with E-state index in [-0.39, 0.29) is 17.2 Å². The number of carbonyl (C=O) groups is 1. The van der Waals surface area contributed by atoms with E-state index in [1.54, 1.807) is 24.3 Å². The molecule has 3 aromatic rings. The first-order chi connectivity index (χ1) is 15.8. The van der Waals surface area contributed by atoms with Crippen LogP contribution in [0.4, 0.5) is 5.69 Å². The van der Waals surface area contributed by atoms with Crippen molar-refractivity contribution in [2.45, 2.75) is 11.5 Å². The molecule has 0 spiro atoms. The number of nitrogens with one attached hydrogen (secondary N) is 1. The fraction of sp³-hybridized carbons (Fsp3) is 0.208. The summed E-state index contributed by atoms with van der Waals surface area (Å²) in [7, 11) is 0.315. The van der Waals surface area contributed by atoms with E-state index in [4.69, 9.17) is 14.2 Å². The third-order valence-corrected chi connectivity index (χ3v) is 6.62. The summed E-state index contributed by atoms with van der Waals surface area (Å²) in [6.07, 6.45) is 0. The average Bonchev–Trinajstić information content (AvgIpc) is 2.83. The highest BCUT2D eigenvalue weighted by molar-refractivity contribution is 7.89. The van der Waals surface area contributed by atoms with Crippen molar-refractivity contribution in [2.24, 2.45) is 0 Å². The molecule has 0 aromatic heterocycles. The van der Waals surface area contributed by atoms with Crippen LogP contribution in [0, 0.1) is 0 Å². The molecular weight excluding hydrogens is 444 g/mol. The lowest BCUT2D eigenvalue weighted by Crippen LogP contribution is -2.35. The maximum absolute atomic E-state index is 12.9. The van der Waals surface area contributed by atoms with Crippen molar-refractivity contribution in [3.05, 3.63) is 78.4 Å². The van der Waals surface area contributed by atoms with Crippen molar-refractivity contribution in [3.63, 3.8) is 0 Å². The van der Waals surface area contributed by atoms with Gasteiger partial charge < -0.3 is 19.5 Å². The van der Waals surface area contributed by atoms with Gasteiger partial charge in [-0.2, -0.15) is 4.31 Å². The van der Waals surface area contributed by atoms with Gasteiger partial charge in [-0.3, -0.25) is 4.79 Å². The predicted molar refractivity (Wildman–Crippen MR) is 125 cm³/mol. The maximum Gasteiger partial charge on any atom is 0.243 e. The molecule has 174 valence electrons. The molecule has 3 aromatic carbocycles. The molecule has 1 N–H and O–H groups in total. The van der Waals surface area contributed by atoms with Crippen LogP contribution < -0.4 is 19.5 Å². The van der Waals surface area contributed by atoms with Gasteiger partial charge in [0.25, 0.3) is 0 Å². The van der Waals surface area contributed by atoms with Gasteiger partial charge in [0.15, 0.2) is 11.5 Å². The Labute approximate surface area is 193 Å². The maximum atomic E-state index is 12.9. The number of amides is 1. The van der Waals surface area contributed by atoms with Gasteiger partial charge in [-0.1, -0.05) is 30.3 Å². The number of hydrogen-bond donors (Lipinski definition) is 1. The number of carbonyl (C=O) groups excluding carboxylic acids is 1. The molecule has 0 fully saturated rings. The molecule has 0 aliphatic carbocycles. The molecule has 0 atom stereocenters. The van der Waals surface area contributed by atoms with Crippen LogP contribution in [0.25, 0.3) is 0 Å². The second-order valence-electron chi connectivity index (χ2n) is 7.12. The zero-order valence-electron chi connectivity index (χ0n) is 18.6. The van der Waals surface area contributed by atoms with Crippen LogP contribution in [0.3, 0.4) is 0 Å². The molecule has 0 unspecified atom stereocenters. The number of nitrogens with zero attached hydrogens (tertiary/aromatic N) is 1. The Morgan fingerprint density at radius 1 is 0.909 bits per heavy atom. The Balaban J connectivity index is 1.58. The van der Waals surface area contributed by atoms with Crippen LogP contribution in [0.15, 0.2) is 77.7 Å². The van der Waals surface area contributed by atoms with Gasteiger partial charge >= 0.3 is 0 Å². The van der Waals surface area contributed by atoms with Gasteiger partial charge in [-0.15, -0.1) is 0 Å². The van der Waals surface area contributed by atoms with Crippen molar-refractivity contribution in [1.82, 2.24) is 4.31 Å². The summed E-state index contributed by atoms with van der Waals surface area (Å²) in [5.74, 6) is 0.878. The molecule has 0 saturated carbocycles. The average molecular weight is 471 g/mol. The SMILES string of the molecule is COc1ccc(S(=O)(=O)N(C)CC(=O)Nc2ccc(OCc3ccccc3)cc2)cc1OC. The predicted octanol–water partition coefficient (Wildman–Crippen LogP) is 3.54. The first kappa shape index (κ1) is 24.1. The van der Waals surface area contributed by atoms with Crippen LogP contribution in [0.1, 0.15) is 5.56 Å². The van der Waals surface area contributed by atoms with Crippen LogP contribution in [-0.2, 0) is 21.4 Å². The Hall–Kier alpha value is -3.56. The minimum Gasteiger partial charge on any atom is -0.493 e. The van der Waals surface area contributed by atoms with Crippen molar-refractivity contribution >= 4 is 21.6 Å². The Morgan fingerprint density at radius 3 is 2.21 bits per heavy atom. The molecule has 1 amide bonds. The monoisotopic (exact) mass is 470 g/mol. The third-order valence-electron chi connectivity index (χ3n) is 4.82. The topological polar surface area (TPSA) is 94.2 Å². The standard InChI is InChI=1S/C24H26N2O6S/c1-26(33(28,29)21-13-14-22(30-2)23(15-21)31-3)16-24(27)25-19-9-11-20(12-10-19)32-17-18-7-5-4-6-8-18/h4-15H,16-17H2,1-3H3,(H,25,27). The van der Waals surface area contributed by atoms with E-state index in [1.165, 1.54) is 39.5 Å². The summed E-state index contributed by atoms with van der Waals surface area (Å²) < 4.78 is 42.7. The van der Waals surface area contributed by atoms with Crippen LogP contribution in [0.2, 0.25) is 0 Å². The number of anilines is 1. The fourth-order valence-corrected chi connectivity index (χ4v) is 4.16. The molecular formula is C24H26N2O6S. The van der Waals surface area contributed by atoms with E-state index in [9.17, 15) is 13.2 Å². The van der Waals surface area contributed by atoms with Gasteiger partial charge in [0.05, 0.1) is 25.7 Å². The van der Waals surface area contributed by atoms with Crippen molar-refractivity contribution in [3.8, 4) is 17.2 Å². The molecule has 0 radical (unpaired) electrons. The summed E-state index contributed by atoms with van der Waals surface area (Å²) in [4.78, 5) is 12.4. The van der Waals surface area contributed by atoms with Crippen LogP contribution >= 0.6 is 0 Å². The van der Waals surface area contributed by atoms with E-state index in [0.717, 1.165) is 9.87 Å². The lowest BCUT2D eigenvalue weighted by molar-refractivity contribution is -0.116. The summed E-state index contributed by atoms with van der Waals surface area (Å²) in [6, 6.07) is 20.9. The molecule has 33 heavy (non-hydrogen) atoms. The zero-order valence-corrected chi connectivity index (χ0v) is 19.5. The largest absolute Gasteiger partial charge is 0.493 e. The first-order valence-corrected chi connectivity index (χ1v) is 11.5. The Bertz CT molecular complexity index is 1180. The van der Waals surface area contributed by atoms with Crippen molar-refractivity contribution < 1.29 is 27.4 Å². The number of likely N-dealkylation sites (N-methyl/N-ethyl adjacent to an activating group) is 1. The Morgan fingerprint density at radius 2 is 1.58 bits per heavy atom. The fourth-order valence-electron chi connectivity index (χ4n) is 3.02. The highest BCUT2D eigenvalue weighted by Gasteiger charge is 2.24. The summed E-state index contributed by atoms with van der Waals surface area (Å²) in [5.41, 5.74) is 1.58. The second-order valence-corrected chi connectivity index (χ2v) is 9.17. The number of ether oxygens (including phenoxy) is 3. The lowest BCUT2D eigenvalue weighted by Gasteiger charge is -2.18. The first-order valence-electron chi connectivity index (χ1n) is 10.1. The second kappa shape index (κ2) is 10.8. The molecule has 0 heterocycles. The van der Waals surface area contributed by atoms with Crippen molar-refractivity contribution in [2.75, 3.05) is 33.1 Å². The molecule has 9 heteroatoms. The smallest absolute Gasteiger partial charge is 0.243 e. The number of benzene rings is 3. The molecule has 0 bridgehead atoms. The number of hydrogen-bond acceptors (Lipinski definition) is 6. The van der Waals surface area contributed by atoms with Gasteiger partial charge in [-0.05, 0) is 42.0 Å². The third kappa shape index (κ3) is 6.24. The normalized spacial score (nSPS) is 11.2. The minimum atomic E-state index is -3.91. The van der Waals surface area contributed by atoms with Gasteiger partial charge in [0.2, 0.25) is 15.9 Å². The Kier molecular flexibility index (Phi) is 7.92. The van der Waals surface area contributed by atoms with Gasteiger partial charge in [0, 0.05) is 18.8 Å². The van der Waals surface area contributed by atoms with E-state index in [1.807, 2.05) is 30.3 Å². The number of rotatable bonds is 10. The quantitative estimate of drug-likeness (QED) is 0.487. The van der Waals surface area contributed by atoms with E-state index >= 15 is 0 Å². The van der Waals surface area contributed by atoms with Crippen LogP contribution in [-0.4, -0.2) is 46.4 Å². The summed E-state index contributed by atoms with van der Waals surface area (Å²) in [5, 5.41) is 2.69. The highest BCUT2D eigenvalue weighted by atomic mass is 32.2. The van der Waals surface area contributed by atoms with E-state index in [0.29, 0.717) is 23.8 Å². The molecule has 3 rings (SSSR count). The molecule has 0 aliphatic rings. The van der Waals surface area contributed by atoms with Gasteiger partial charge in [0.1, 0.15) is 12.4 Å². The number of methoxy groups -OCH3 is 2. The summed E-state index contributed by atoms with van der Waals surface area (Å²) >= 11 is 0. The molecule has 0 aliphatic heterocycles. The number of sulfonamides is 1. The van der Waals surface area contributed by atoms with Crippen LogP contribution in [0.5, 0.6) is 17.2 Å². The minimum absolute atomic E-state index is 0.00429. The lowest BCUT2D eigenvalue weighted by atomic mass is 10.2.